The molecule has 3 amide bonds. The lowest BCUT2D eigenvalue weighted by Crippen LogP contribution is -2.35. The second-order valence-electron chi connectivity index (χ2n) is 8.44. The molecule has 0 saturated carbocycles. The molecule has 0 aliphatic carbocycles. The fourth-order valence-electron chi connectivity index (χ4n) is 4.00. The molecule has 192 valence electrons. The number of carbonyl (C=O) groups excluding carboxylic acids is 3. The van der Waals surface area contributed by atoms with E-state index in [1.165, 1.54) is 24.1 Å². The Morgan fingerprint density at radius 3 is 2.59 bits per heavy atom. The maximum atomic E-state index is 15.3. The number of amides is 3. The van der Waals surface area contributed by atoms with Crippen molar-refractivity contribution >= 4 is 40.6 Å². The van der Waals surface area contributed by atoms with Crippen molar-refractivity contribution in [2.75, 3.05) is 25.0 Å². The first-order valence-corrected chi connectivity index (χ1v) is 11.8. The van der Waals surface area contributed by atoms with Crippen molar-refractivity contribution in [2.45, 2.75) is 19.3 Å². The molecule has 2 N–H and O–H groups in total. The topological polar surface area (TPSA) is 96.3 Å². The molecule has 1 aliphatic rings. The molecule has 37 heavy (non-hydrogen) atoms. The van der Waals surface area contributed by atoms with E-state index in [-0.39, 0.29) is 34.9 Å². The zero-order chi connectivity index (χ0) is 26.7. The molecule has 8 nitrogen and oxygen atoms in total. The lowest BCUT2D eigenvalue weighted by molar-refractivity contribution is -0.123. The number of halogens is 3. The molecule has 0 fully saturated rings. The minimum atomic E-state index is -3.42. The van der Waals surface area contributed by atoms with Crippen molar-refractivity contribution in [3.05, 3.63) is 82.6 Å². The lowest BCUT2D eigenvalue weighted by Gasteiger charge is -2.23. The van der Waals surface area contributed by atoms with E-state index in [0.717, 1.165) is 11.8 Å². The number of nitrogens with zero attached hydrogens (tertiary/aromatic N) is 3. The van der Waals surface area contributed by atoms with Gasteiger partial charge in [0.25, 0.3) is 11.8 Å². The average Bonchev–Trinajstić information content (AvgIpc) is 3.27. The normalized spacial score (nSPS) is 15.6. The predicted octanol–water partition coefficient (Wildman–Crippen LogP) is 3.77. The van der Waals surface area contributed by atoms with Crippen LogP contribution in [-0.2, 0) is 9.59 Å². The number of aryl methyl sites for hydroxylation is 1. The molecule has 4 rings (SSSR count). The van der Waals surface area contributed by atoms with Gasteiger partial charge in [-0.15, -0.1) is 0 Å². The standard InChI is InChI=1S/C26H24ClF2N5O3/c1-16-9-11-34(32-16)17-7-8-19(21(27)13-17)25(37)33-12-10-26(28,29)20(18-5-3-4-6-22(18)33)14-23(35)31-15-24(36)30-2/h3-9,11,13-14H,10,12,15H2,1-2H3,(H,30,36)(H,31,35). The molecule has 11 heteroatoms. The number of hydrogen-bond donors (Lipinski definition) is 2. The van der Waals surface area contributed by atoms with Gasteiger partial charge in [0.15, 0.2) is 0 Å². The third-order valence-electron chi connectivity index (χ3n) is 5.92. The second kappa shape index (κ2) is 10.5. The fraction of sp³-hybridized carbons (Fsp3) is 0.231. The van der Waals surface area contributed by atoms with Crippen molar-refractivity contribution in [1.82, 2.24) is 20.4 Å². The Kier molecular flexibility index (Phi) is 7.40. The van der Waals surface area contributed by atoms with E-state index in [9.17, 15) is 14.4 Å². The number of aromatic nitrogens is 2. The van der Waals surface area contributed by atoms with Gasteiger partial charge >= 0.3 is 0 Å². The van der Waals surface area contributed by atoms with Crippen LogP contribution in [0.3, 0.4) is 0 Å². The van der Waals surface area contributed by atoms with Crippen molar-refractivity contribution in [1.29, 1.82) is 0 Å². The molecule has 0 radical (unpaired) electrons. The van der Waals surface area contributed by atoms with Gasteiger partial charge in [0.1, 0.15) is 0 Å². The summed E-state index contributed by atoms with van der Waals surface area (Å²) in [4.78, 5) is 38.6. The zero-order valence-electron chi connectivity index (χ0n) is 20.1. The smallest absolute Gasteiger partial charge is 0.275 e. The number of allylic oxidation sites excluding steroid dienone is 1. The van der Waals surface area contributed by atoms with Crippen LogP contribution < -0.4 is 15.5 Å². The first kappa shape index (κ1) is 26.0. The van der Waals surface area contributed by atoms with Gasteiger partial charge in [0.05, 0.1) is 34.2 Å². The zero-order valence-corrected chi connectivity index (χ0v) is 20.9. The molecule has 0 bridgehead atoms. The highest BCUT2D eigenvalue weighted by Gasteiger charge is 2.41. The van der Waals surface area contributed by atoms with Crippen molar-refractivity contribution in [2.24, 2.45) is 0 Å². The minimum Gasteiger partial charge on any atom is -0.358 e. The molecule has 0 spiro atoms. The monoisotopic (exact) mass is 527 g/mol. The number of likely N-dealkylation sites (N-methyl/N-ethyl adjacent to an activating group) is 1. The summed E-state index contributed by atoms with van der Waals surface area (Å²) < 4.78 is 32.2. The number of alkyl halides is 2. The molecule has 2 aromatic carbocycles. The Morgan fingerprint density at radius 2 is 1.92 bits per heavy atom. The molecule has 1 aromatic heterocycles. The summed E-state index contributed by atoms with van der Waals surface area (Å²) in [5.41, 5.74) is 1.31. The highest BCUT2D eigenvalue weighted by molar-refractivity contribution is 6.34. The maximum Gasteiger partial charge on any atom is 0.275 e. The second-order valence-corrected chi connectivity index (χ2v) is 8.85. The van der Waals surface area contributed by atoms with E-state index >= 15 is 8.78 Å². The molecule has 0 atom stereocenters. The number of anilines is 1. The van der Waals surface area contributed by atoms with E-state index in [4.69, 9.17) is 11.6 Å². The Hall–Kier alpha value is -4.05. The summed E-state index contributed by atoms with van der Waals surface area (Å²) in [5.74, 6) is -5.29. The van der Waals surface area contributed by atoms with Gasteiger partial charge < -0.3 is 15.5 Å². The maximum absolute atomic E-state index is 15.3. The summed E-state index contributed by atoms with van der Waals surface area (Å²) in [6.07, 6.45) is 1.82. The highest BCUT2D eigenvalue weighted by Crippen LogP contribution is 2.43. The number of carbonyl (C=O) groups is 3. The third kappa shape index (κ3) is 5.54. The molecule has 0 saturated heterocycles. The van der Waals surface area contributed by atoms with Gasteiger partial charge in [-0.3, -0.25) is 14.4 Å². The molecule has 2 heterocycles. The third-order valence-corrected chi connectivity index (χ3v) is 6.23. The van der Waals surface area contributed by atoms with Crippen LogP contribution in [-0.4, -0.2) is 53.6 Å². The summed E-state index contributed by atoms with van der Waals surface area (Å²) in [5, 5.41) is 9.10. The number of hydrogen-bond acceptors (Lipinski definition) is 4. The van der Waals surface area contributed by atoms with Gasteiger partial charge in [0, 0.05) is 43.4 Å². The summed E-state index contributed by atoms with van der Waals surface area (Å²) in [6.45, 7) is 1.18. The molecule has 0 unspecified atom stereocenters. The largest absolute Gasteiger partial charge is 0.358 e. The van der Waals surface area contributed by atoms with E-state index in [2.05, 4.69) is 15.7 Å². The number of para-hydroxylation sites is 1. The van der Waals surface area contributed by atoms with Crippen LogP contribution in [0.5, 0.6) is 0 Å². The Morgan fingerprint density at radius 1 is 1.16 bits per heavy atom. The Labute approximate surface area is 216 Å². The van der Waals surface area contributed by atoms with E-state index in [1.54, 1.807) is 41.2 Å². The minimum absolute atomic E-state index is 0.0354. The number of fused-ring (bicyclic) bond motifs is 1. The Balaban J connectivity index is 1.69. The van der Waals surface area contributed by atoms with Gasteiger partial charge in [-0.1, -0.05) is 29.8 Å². The van der Waals surface area contributed by atoms with Crippen LogP contribution in [0.4, 0.5) is 14.5 Å². The first-order chi connectivity index (χ1) is 17.6. The van der Waals surface area contributed by atoms with Gasteiger partial charge in [-0.05, 0) is 37.3 Å². The van der Waals surface area contributed by atoms with Crippen LogP contribution >= 0.6 is 11.6 Å². The molecule has 3 aromatic rings. The van der Waals surface area contributed by atoms with Crippen LogP contribution in [0.2, 0.25) is 5.02 Å². The predicted molar refractivity (Wildman–Crippen MR) is 136 cm³/mol. The first-order valence-electron chi connectivity index (χ1n) is 11.4. The van der Waals surface area contributed by atoms with Crippen molar-refractivity contribution < 1.29 is 23.2 Å². The quantitative estimate of drug-likeness (QED) is 0.494. The number of benzene rings is 2. The summed E-state index contributed by atoms with van der Waals surface area (Å²) >= 11 is 6.46. The van der Waals surface area contributed by atoms with E-state index < -0.39 is 35.6 Å². The highest BCUT2D eigenvalue weighted by atomic mass is 35.5. The van der Waals surface area contributed by atoms with Crippen molar-refractivity contribution in [3.63, 3.8) is 0 Å². The van der Waals surface area contributed by atoms with Crippen LogP contribution in [0.25, 0.3) is 11.3 Å². The Bertz CT molecular complexity index is 1400. The van der Waals surface area contributed by atoms with Crippen LogP contribution in [0, 0.1) is 6.92 Å². The molecular formula is C26H24ClF2N5O3. The van der Waals surface area contributed by atoms with Crippen molar-refractivity contribution in [3.8, 4) is 5.69 Å². The van der Waals surface area contributed by atoms with E-state index in [0.29, 0.717) is 5.69 Å². The summed E-state index contributed by atoms with van der Waals surface area (Å²) in [6, 6.07) is 12.8. The average molecular weight is 528 g/mol. The van der Waals surface area contributed by atoms with Gasteiger partial charge in [-0.2, -0.15) is 5.10 Å². The van der Waals surface area contributed by atoms with Crippen LogP contribution in [0.15, 0.2) is 60.8 Å². The molecule has 1 aliphatic heterocycles. The van der Waals surface area contributed by atoms with Gasteiger partial charge in [-0.25, -0.2) is 13.5 Å². The number of rotatable bonds is 5. The number of nitrogens with one attached hydrogen (secondary N) is 2. The lowest BCUT2D eigenvalue weighted by atomic mass is 9.97. The fourth-order valence-corrected chi connectivity index (χ4v) is 4.25. The summed E-state index contributed by atoms with van der Waals surface area (Å²) in [7, 11) is 1.40. The molecular weight excluding hydrogens is 504 g/mol. The SMILES string of the molecule is CNC(=O)CNC(=O)C=C1c2ccccc2N(C(=O)c2ccc(-n3ccc(C)n3)cc2Cl)CCC1(F)F. The van der Waals surface area contributed by atoms with E-state index in [1.807, 2.05) is 13.0 Å². The van der Waals surface area contributed by atoms with Crippen LogP contribution in [0.1, 0.15) is 28.0 Å². The van der Waals surface area contributed by atoms with Gasteiger partial charge in [0.2, 0.25) is 11.8 Å².